The number of unbranched alkanes of at least 4 members (excludes halogenated alkanes) is 8. The summed E-state index contributed by atoms with van der Waals surface area (Å²) in [6.07, 6.45) is 18.6. The van der Waals surface area contributed by atoms with Crippen LogP contribution >= 0.6 is 0 Å². The number of nitrogens with zero attached hydrogens (tertiary/aromatic N) is 3. The van der Waals surface area contributed by atoms with Crippen molar-refractivity contribution in [3.8, 4) is 0 Å². The van der Waals surface area contributed by atoms with Gasteiger partial charge in [-0.3, -0.25) is 29.1 Å². The quantitative estimate of drug-likeness (QED) is 0.0396. The number of ether oxygens (including phenoxy) is 3. The highest BCUT2D eigenvalue weighted by Crippen LogP contribution is 2.20. The SMILES string of the molecule is CCCCCCC(CCCC)C(=O)OCCN(CCOC(=O)C(CCCC)CCCCCC)CCN1CCN(CCOC(=O)CCC)CC1. The van der Waals surface area contributed by atoms with E-state index in [1.54, 1.807) is 0 Å². The summed E-state index contributed by atoms with van der Waals surface area (Å²) in [6.45, 7) is 19.6. The van der Waals surface area contributed by atoms with Crippen molar-refractivity contribution in [3.05, 3.63) is 0 Å². The molecular weight excluding hydrogens is 618 g/mol. The maximum Gasteiger partial charge on any atom is 0.308 e. The fourth-order valence-electron chi connectivity index (χ4n) is 6.50. The van der Waals surface area contributed by atoms with Crippen LogP contribution in [0.3, 0.4) is 0 Å². The van der Waals surface area contributed by atoms with Gasteiger partial charge in [0.05, 0.1) is 11.8 Å². The van der Waals surface area contributed by atoms with Crippen LogP contribution in [-0.4, -0.2) is 111 Å². The molecule has 2 atom stereocenters. The molecule has 1 fully saturated rings. The van der Waals surface area contributed by atoms with Crippen molar-refractivity contribution in [2.45, 2.75) is 150 Å². The first-order valence-corrected chi connectivity index (χ1v) is 20.5. The Labute approximate surface area is 301 Å². The van der Waals surface area contributed by atoms with Gasteiger partial charge in [-0.05, 0) is 32.1 Å². The minimum absolute atomic E-state index is 0.00458. The highest BCUT2D eigenvalue weighted by atomic mass is 16.5. The largest absolute Gasteiger partial charge is 0.464 e. The summed E-state index contributed by atoms with van der Waals surface area (Å²) in [5.74, 6) is -0.209. The monoisotopic (exact) mass is 696 g/mol. The number of hydrogen-bond acceptors (Lipinski definition) is 9. The lowest BCUT2D eigenvalue weighted by molar-refractivity contribution is -0.150. The van der Waals surface area contributed by atoms with E-state index in [2.05, 4.69) is 42.4 Å². The Morgan fingerprint density at radius 3 is 1.41 bits per heavy atom. The second-order valence-electron chi connectivity index (χ2n) is 14.2. The molecule has 9 heteroatoms. The van der Waals surface area contributed by atoms with Crippen molar-refractivity contribution in [2.24, 2.45) is 11.8 Å². The van der Waals surface area contributed by atoms with Crippen molar-refractivity contribution in [3.63, 3.8) is 0 Å². The molecule has 1 saturated heterocycles. The highest BCUT2D eigenvalue weighted by molar-refractivity contribution is 5.72. The first kappa shape index (κ1) is 45.3. The lowest BCUT2D eigenvalue weighted by Crippen LogP contribution is -2.49. The van der Waals surface area contributed by atoms with Crippen molar-refractivity contribution in [1.82, 2.24) is 14.7 Å². The third kappa shape index (κ3) is 23.4. The van der Waals surface area contributed by atoms with Gasteiger partial charge in [-0.1, -0.05) is 112 Å². The molecule has 1 aliphatic heterocycles. The van der Waals surface area contributed by atoms with E-state index < -0.39 is 0 Å². The predicted octanol–water partition coefficient (Wildman–Crippen LogP) is 7.89. The molecule has 0 aliphatic carbocycles. The Balaban J connectivity index is 2.68. The van der Waals surface area contributed by atoms with Crippen molar-refractivity contribution in [1.29, 1.82) is 0 Å². The lowest BCUT2D eigenvalue weighted by Gasteiger charge is -2.35. The summed E-state index contributed by atoms with van der Waals surface area (Å²) in [7, 11) is 0. The second-order valence-corrected chi connectivity index (χ2v) is 14.2. The smallest absolute Gasteiger partial charge is 0.308 e. The van der Waals surface area contributed by atoms with Gasteiger partial charge in [0.25, 0.3) is 0 Å². The van der Waals surface area contributed by atoms with Crippen LogP contribution in [0.25, 0.3) is 0 Å². The minimum Gasteiger partial charge on any atom is -0.464 e. The van der Waals surface area contributed by atoms with Crippen LogP contribution in [0.4, 0.5) is 0 Å². The van der Waals surface area contributed by atoms with Crippen LogP contribution in [0.15, 0.2) is 0 Å². The van der Waals surface area contributed by atoms with Gasteiger partial charge in [0.15, 0.2) is 0 Å². The van der Waals surface area contributed by atoms with Gasteiger partial charge in [0, 0.05) is 65.3 Å². The number of esters is 3. The average Bonchev–Trinajstić information content (AvgIpc) is 3.10. The molecule has 0 saturated carbocycles. The standard InChI is InChI=1S/C40H77N3O6/c1-6-11-15-17-22-36(20-13-8-3)39(45)48-34-31-43(32-35-49-40(46)37(21-14-9-4)23-18-16-12-7-2)29-26-41-24-27-42(28-25-41)30-33-47-38(44)19-10-5/h36-37H,6-35H2,1-5H3. The second kappa shape index (κ2) is 31.1. The molecule has 0 aromatic carbocycles. The zero-order valence-electron chi connectivity index (χ0n) is 32.7. The fraction of sp³-hybridized carbons (Fsp3) is 0.925. The number of hydrogen-bond donors (Lipinski definition) is 0. The van der Waals surface area contributed by atoms with Gasteiger partial charge in [-0.25, -0.2) is 0 Å². The Morgan fingerprint density at radius 1 is 0.510 bits per heavy atom. The molecule has 1 rings (SSSR count). The summed E-state index contributed by atoms with van der Waals surface area (Å²) in [5, 5.41) is 0. The van der Waals surface area contributed by atoms with Crippen LogP contribution in [-0.2, 0) is 28.6 Å². The fourth-order valence-corrected chi connectivity index (χ4v) is 6.50. The van der Waals surface area contributed by atoms with E-state index in [0.29, 0.717) is 39.3 Å². The molecule has 0 aromatic heterocycles. The molecule has 0 bridgehead atoms. The van der Waals surface area contributed by atoms with Crippen molar-refractivity contribution in [2.75, 3.05) is 78.7 Å². The van der Waals surface area contributed by atoms with Crippen LogP contribution in [0.5, 0.6) is 0 Å². The van der Waals surface area contributed by atoms with Crippen LogP contribution < -0.4 is 0 Å². The predicted molar refractivity (Wildman–Crippen MR) is 201 cm³/mol. The average molecular weight is 696 g/mol. The van der Waals surface area contributed by atoms with Gasteiger partial charge < -0.3 is 14.2 Å². The van der Waals surface area contributed by atoms with Crippen LogP contribution in [0.1, 0.15) is 150 Å². The van der Waals surface area contributed by atoms with Gasteiger partial charge in [0.2, 0.25) is 0 Å². The van der Waals surface area contributed by atoms with E-state index in [-0.39, 0.29) is 29.7 Å². The Hall–Kier alpha value is -1.71. The molecule has 49 heavy (non-hydrogen) atoms. The molecule has 1 heterocycles. The van der Waals surface area contributed by atoms with E-state index in [1.165, 1.54) is 38.5 Å². The molecule has 0 amide bonds. The van der Waals surface area contributed by atoms with Crippen molar-refractivity contribution < 1.29 is 28.6 Å². The molecule has 288 valence electrons. The molecule has 9 nitrogen and oxygen atoms in total. The van der Waals surface area contributed by atoms with Gasteiger partial charge >= 0.3 is 17.9 Å². The normalized spacial score (nSPS) is 15.3. The molecule has 0 N–H and O–H groups in total. The number of carbonyl (C=O) groups excluding carboxylic acids is 3. The molecule has 2 unspecified atom stereocenters. The molecular formula is C40H77N3O6. The number of rotatable bonds is 32. The first-order chi connectivity index (χ1) is 23.9. The lowest BCUT2D eigenvalue weighted by atomic mass is 9.95. The van der Waals surface area contributed by atoms with Crippen LogP contribution in [0.2, 0.25) is 0 Å². The topological polar surface area (TPSA) is 88.6 Å². The summed E-state index contributed by atoms with van der Waals surface area (Å²) < 4.78 is 17.1. The zero-order valence-corrected chi connectivity index (χ0v) is 32.7. The maximum atomic E-state index is 13.1. The zero-order chi connectivity index (χ0) is 36.0. The number of piperazine rings is 1. The van der Waals surface area contributed by atoms with E-state index >= 15 is 0 Å². The van der Waals surface area contributed by atoms with Crippen molar-refractivity contribution >= 4 is 17.9 Å². The van der Waals surface area contributed by atoms with E-state index in [4.69, 9.17) is 14.2 Å². The summed E-state index contributed by atoms with van der Waals surface area (Å²) in [4.78, 5) is 45.0. The van der Waals surface area contributed by atoms with Gasteiger partial charge in [0.1, 0.15) is 19.8 Å². The first-order valence-electron chi connectivity index (χ1n) is 20.5. The van der Waals surface area contributed by atoms with Gasteiger partial charge in [-0.2, -0.15) is 0 Å². The van der Waals surface area contributed by atoms with E-state index in [1.807, 2.05) is 6.92 Å². The Morgan fingerprint density at radius 2 is 0.959 bits per heavy atom. The minimum atomic E-state index is -0.107. The Bertz CT molecular complexity index is 778. The van der Waals surface area contributed by atoms with E-state index in [0.717, 1.165) is 116 Å². The molecule has 1 aliphatic rings. The Kier molecular flexibility index (Phi) is 28.7. The number of carbonyl (C=O) groups is 3. The molecule has 0 radical (unpaired) electrons. The summed E-state index contributed by atoms with van der Waals surface area (Å²) in [5.41, 5.74) is 0. The maximum absolute atomic E-state index is 13.1. The van der Waals surface area contributed by atoms with Crippen LogP contribution in [0, 0.1) is 11.8 Å². The molecule has 0 aromatic rings. The van der Waals surface area contributed by atoms with E-state index in [9.17, 15) is 14.4 Å². The third-order valence-electron chi connectivity index (χ3n) is 9.92. The summed E-state index contributed by atoms with van der Waals surface area (Å²) in [6, 6.07) is 0. The third-order valence-corrected chi connectivity index (χ3v) is 9.92. The summed E-state index contributed by atoms with van der Waals surface area (Å²) >= 11 is 0. The molecule has 0 spiro atoms. The van der Waals surface area contributed by atoms with Gasteiger partial charge in [-0.15, -0.1) is 0 Å². The highest BCUT2D eigenvalue weighted by Gasteiger charge is 2.22.